The van der Waals surface area contributed by atoms with Crippen molar-refractivity contribution in [3.8, 4) is 5.75 Å². The summed E-state index contributed by atoms with van der Waals surface area (Å²) in [6.07, 6.45) is 0. The molecule has 14 heavy (non-hydrogen) atoms. The van der Waals surface area contributed by atoms with E-state index in [1.54, 1.807) is 23.6 Å². The number of para-hydroxylation sites is 1. The predicted octanol–water partition coefficient (Wildman–Crippen LogP) is 2.26. The van der Waals surface area contributed by atoms with E-state index in [1.165, 1.54) is 17.6 Å². The molecule has 3 nitrogen and oxygen atoms in total. The molecule has 0 saturated heterocycles. The Morgan fingerprint density at radius 2 is 2.21 bits per heavy atom. The van der Waals surface area contributed by atoms with Crippen LogP contribution in [-0.4, -0.2) is 9.59 Å². The van der Waals surface area contributed by atoms with E-state index in [4.69, 9.17) is 4.74 Å². The number of hydrogen-bond acceptors (Lipinski definition) is 4. The average molecular weight is 210 g/mol. The molecule has 0 saturated carbocycles. The minimum Gasteiger partial charge on any atom is -0.484 e. The molecule has 0 aliphatic rings. The molecular weight excluding hydrogens is 203 g/mol. The maximum atomic E-state index is 13.1. The van der Waals surface area contributed by atoms with Crippen molar-refractivity contribution in [2.45, 2.75) is 6.61 Å². The predicted molar refractivity (Wildman–Crippen MR) is 50.6 cm³/mol. The topological polar surface area (TPSA) is 35.0 Å². The number of benzene rings is 1. The minimum atomic E-state index is -0.365. The quantitative estimate of drug-likeness (QED) is 0.779. The van der Waals surface area contributed by atoms with E-state index in [9.17, 15) is 4.39 Å². The summed E-state index contributed by atoms with van der Waals surface area (Å²) < 4.78 is 21.9. The van der Waals surface area contributed by atoms with Crippen LogP contribution in [0.15, 0.2) is 29.6 Å². The van der Waals surface area contributed by atoms with Gasteiger partial charge in [0.1, 0.15) is 12.3 Å². The zero-order chi connectivity index (χ0) is 9.80. The van der Waals surface area contributed by atoms with Crippen LogP contribution in [0, 0.1) is 5.82 Å². The van der Waals surface area contributed by atoms with E-state index in [2.05, 4.69) is 9.59 Å². The van der Waals surface area contributed by atoms with E-state index < -0.39 is 0 Å². The Labute approximate surface area is 84.3 Å². The van der Waals surface area contributed by atoms with Gasteiger partial charge in [0.15, 0.2) is 11.6 Å². The summed E-state index contributed by atoms with van der Waals surface area (Å²) in [4.78, 5) is 0. The minimum absolute atomic E-state index is 0.237. The number of rotatable bonds is 3. The molecule has 1 heterocycles. The Kier molecular flexibility index (Phi) is 2.69. The Morgan fingerprint density at radius 1 is 1.36 bits per heavy atom. The van der Waals surface area contributed by atoms with Gasteiger partial charge in [-0.25, -0.2) is 4.39 Å². The third-order valence-electron chi connectivity index (χ3n) is 1.62. The third-order valence-corrected chi connectivity index (χ3v) is 2.17. The van der Waals surface area contributed by atoms with Gasteiger partial charge < -0.3 is 4.74 Å². The van der Waals surface area contributed by atoms with Crippen LogP contribution >= 0.6 is 11.5 Å². The number of halogens is 1. The zero-order valence-corrected chi connectivity index (χ0v) is 8.00. The zero-order valence-electron chi connectivity index (χ0n) is 7.18. The van der Waals surface area contributed by atoms with E-state index in [1.807, 2.05) is 0 Å². The molecule has 0 fully saturated rings. The third kappa shape index (κ3) is 2.05. The van der Waals surface area contributed by atoms with Crippen LogP contribution < -0.4 is 4.74 Å². The van der Waals surface area contributed by atoms with Gasteiger partial charge in [-0.3, -0.25) is 0 Å². The lowest BCUT2D eigenvalue weighted by Crippen LogP contribution is -1.97. The summed E-state index contributed by atoms with van der Waals surface area (Å²) >= 11 is 1.24. The Morgan fingerprint density at radius 3 is 2.93 bits per heavy atom. The molecule has 0 N–H and O–H groups in total. The molecule has 0 bridgehead atoms. The van der Waals surface area contributed by atoms with Gasteiger partial charge in [0.25, 0.3) is 0 Å². The second kappa shape index (κ2) is 4.15. The smallest absolute Gasteiger partial charge is 0.165 e. The molecule has 0 amide bonds. The lowest BCUT2D eigenvalue weighted by Gasteiger charge is -2.03. The fourth-order valence-electron chi connectivity index (χ4n) is 0.960. The van der Waals surface area contributed by atoms with Crippen LogP contribution in [0.2, 0.25) is 0 Å². The Bertz CT molecular complexity index is 405. The van der Waals surface area contributed by atoms with Crippen molar-refractivity contribution in [1.29, 1.82) is 0 Å². The highest BCUT2D eigenvalue weighted by atomic mass is 32.1. The Balaban J connectivity index is 2.02. The van der Waals surface area contributed by atoms with Gasteiger partial charge in [-0.2, -0.15) is 0 Å². The largest absolute Gasteiger partial charge is 0.484 e. The van der Waals surface area contributed by atoms with Crippen LogP contribution in [0.1, 0.15) is 5.69 Å². The van der Waals surface area contributed by atoms with Crippen LogP contribution in [0.4, 0.5) is 4.39 Å². The van der Waals surface area contributed by atoms with Gasteiger partial charge >= 0.3 is 0 Å². The van der Waals surface area contributed by atoms with Crippen LogP contribution in [0.25, 0.3) is 0 Å². The first-order valence-electron chi connectivity index (χ1n) is 3.99. The van der Waals surface area contributed by atoms with E-state index >= 15 is 0 Å². The van der Waals surface area contributed by atoms with Gasteiger partial charge in [-0.05, 0) is 23.7 Å². The molecule has 0 aliphatic heterocycles. The monoisotopic (exact) mass is 210 g/mol. The molecule has 0 spiro atoms. The van der Waals surface area contributed by atoms with Crippen molar-refractivity contribution in [3.63, 3.8) is 0 Å². The molecule has 2 aromatic rings. The Hall–Kier alpha value is -1.49. The van der Waals surface area contributed by atoms with Crippen LogP contribution in [0.5, 0.6) is 5.75 Å². The van der Waals surface area contributed by atoms with Gasteiger partial charge in [0.05, 0.1) is 0 Å². The summed E-state index contributed by atoms with van der Waals surface area (Å²) in [6, 6.07) is 6.27. The summed E-state index contributed by atoms with van der Waals surface area (Å²) in [6.45, 7) is 0.247. The fraction of sp³-hybridized carbons (Fsp3) is 0.111. The van der Waals surface area contributed by atoms with Gasteiger partial charge in [-0.1, -0.05) is 16.6 Å². The highest BCUT2D eigenvalue weighted by Gasteiger charge is 2.02. The number of nitrogens with zero attached hydrogens (tertiary/aromatic N) is 2. The maximum absolute atomic E-state index is 13.1. The highest BCUT2D eigenvalue weighted by molar-refractivity contribution is 7.03. The second-order valence-electron chi connectivity index (χ2n) is 2.62. The molecular formula is C9H7FN2OS. The highest BCUT2D eigenvalue weighted by Crippen LogP contribution is 2.16. The van der Waals surface area contributed by atoms with Crippen molar-refractivity contribution in [1.82, 2.24) is 9.59 Å². The summed E-state index contributed by atoms with van der Waals surface area (Å²) in [5.41, 5.74) is 0.707. The first-order chi connectivity index (χ1) is 6.86. The van der Waals surface area contributed by atoms with Crippen LogP contribution in [-0.2, 0) is 6.61 Å². The standard InChI is InChI=1S/C9H7FN2OS/c10-8-3-1-2-4-9(8)13-5-7-6-14-12-11-7/h1-4,6H,5H2. The molecule has 5 heteroatoms. The van der Waals surface area contributed by atoms with Gasteiger partial charge in [0.2, 0.25) is 0 Å². The second-order valence-corrected chi connectivity index (χ2v) is 3.23. The molecule has 2 rings (SSSR count). The SMILES string of the molecule is Fc1ccccc1OCc1csnn1. The molecule has 0 atom stereocenters. The molecule has 1 aromatic heterocycles. The first kappa shape index (κ1) is 9.08. The van der Waals surface area contributed by atoms with Gasteiger partial charge in [-0.15, -0.1) is 5.10 Å². The molecule has 0 unspecified atom stereocenters. The van der Waals surface area contributed by atoms with Crippen molar-refractivity contribution in [2.75, 3.05) is 0 Å². The average Bonchev–Trinajstić information content (AvgIpc) is 2.69. The van der Waals surface area contributed by atoms with Crippen molar-refractivity contribution in [2.24, 2.45) is 0 Å². The number of hydrogen-bond donors (Lipinski definition) is 0. The van der Waals surface area contributed by atoms with E-state index in [0.29, 0.717) is 5.69 Å². The summed E-state index contributed by atoms with van der Waals surface area (Å²) in [5, 5.41) is 5.55. The lowest BCUT2D eigenvalue weighted by molar-refractivity contribution is 0.286. The molecule has 0 radical (unpaired) electrons. The van der Waals surface area contributed by atoms with Crippen LogP contribution in [0.3, 0.4) is 0 Å². The van der Waals surface area contributed by atoms with E-state index in [-0.39, 0.29) is 18.2 Å². The number of ether oxygens (including phenoxy) is 1. The van der Waals surface area contributed by atoms with Gasteiger partial charge in [0, 0.05) is 5.38 Å². The summed E-state index contributed by atoms with van der Waals surface area (Å²) in [5.74, 6) is -0.129. The fourth-order valence-corrected chi connectivity index (χ4v) is 1.40. The normalized spacial score (nSPS) is 10.1. The maximum Gasteiger partial charge on any atom is 0.165 e. The first-order valence-corrected chi connectivity index (χ1v) is 4.83. The lowest BCUT2D eigenvalue weighted by atomic mass is 10.3. The molecule has 1 aromatic carbocycles. The molecule has 0 aliphatic carbocycles. The number of aromatic nitrogens is 2. The van der Waals surface area contributed by atoms with Crippen molar-refractivity contribution in [3.05, 3.63) is 41.2 Å². The molecule has 72 valence electrons. The van der Waals surface area contributed by atoms with Crippen molar-refractivity contribution < 1.29 is 9.13 Å². The summed E-state index contributed by atoms with van der Waals surface area (Å²) in [7, 11) is 0. The van der Waals surface area contributed by atoms with Crippen molar-refractivity contribution >= 4 is 11.5 Å². The van der Waals surface area contributed by atoms with E-state index in [0.717, 1.165) is 0 Å².